The molecule has 2 aromatic heterocycles. The minimum Gasteiger partial charge on any atom is -0.480 e. The van der Waals surface area contributed by atoms with E-state index in [9.17, 15) is 9.90 Å². The van der Waals surface area contributed by atoms with Crippen LogP contribution in [-0.4, -0.2) is 38.5 Å². The molecule has 22 heavy (non-hydrogen) atoms. The van der Waals surface area contributed by atoms with Gasteiger partial charge in [0.25, 0.3) is 0 Å². The molecule has 2 aromatic rings. The van der Waals surface area contributed by atoms with E-state index in [0.717, 1.165) is 30.8 Å². The Bertz CT molecular complexity index is 579. The van der Waals surface area contributed by atoms with Gasteiger partial charge in [-0.3, -0.25) is 19.7 Å². The van der Waals surface area contributed by atoms with Gasteiger partial charge in [-0.1, -0.05) is 18.6 Å². The maximum atomic E-state index is 11.6. The van der Waals surface area contributed by atoms with Gasteiger partial charge in [0, 0.05) is 18.9 Å². The number of carboxylic acids is 1. The predicted octanol–water partition coefficient (Wildman–Crippen LogP) is 2.51. The van der Waals surface area contributed by atoms with Crippen LogP contribution < -0.4 is 0 Å². The van der Waals surface area contributed by atoms with E-state index in [0.29, 0.717) is 6.42 Å². The summed E-state index contributed by atoms with van der Waals surface area (Å²) in [5.41, 5.74) is 1.68. The van der Waals surface area contributed by atoms with Crippen molar-refractivity contribution in [3.05, 3.63) is 60.2 Å². The van der Waals surface area contributed by atoms with Crippen molar-refractivity contribution in [1.29, 1.82) is 0 Å². The molecule has 0 saturated carbocycles. The van der Waals surface area contributed by atoms with E-state index in [4.69, 9.17) is 0 Å². The first-order valence-electron chi connectivity index (χ1n) is 7.58. The van der Waals surface area contributed by atoms with Crippen LogP contribution in [0, 0.1) is 0 Å². The Hall–Kier alpha value is -2.27. The van der Waals surface area contributed by atoms with Gasteiger partial charge in [0.1, 0.15) is 6.04 Å². The Morgan fingerprint density at radius 2 is 1.73 bits per heavy atom. The lowest BCUT2D eigenvalue weighted by molar-refractivity contribution is -0.145. The summed E-state index contributed by atoms with van der Waals surface area (Å²) in [4.78, 5) is 22.6. The van der Waals surface area contributed by atoms with Crippen LogP contribution in [0.25, 0.3) is 0 Å². The molecule has 1 saturated heterocycles. The molecule has 5 nitrogen and oxygen atoms in total. The van der Waals surface area contributed by atoms with Crippen molar-refractivity contribution in [2.24, 2.45) is 0 Å². The monoisotopic (exact) mass is 297 g/mol. The van der Waals surface area contributed by atoms with Gasteiger partial charge in [0.15, 0.2) is 0 Å². The molecule has 0 radical (unpaired) electrons. The van der Waals surface area contributed by atoms with Gasteiger partial charge in [0.05, 0.1) is 17.4 Å². The van der Waals surface area contributed by atoms with Crippen molar-refractivity contribution >= 4 is 5.97 Å². The zero-order valence-electron chi connectivity index (χ0n) is 12.3. The lowest BCUT2D eigenvalue weighted by Gasteiger charge is -2.38. The second kappa shape index (κ2) is 6.66. The fraction of sp³-hybridized carbons (Fsp3) is 0.353. The number of carbonyl (C=O) groups is 1. The minimum absolute atomic E-state index is 0.219. The van der Waals surface area contributed by atoms with E-state index in [1.807, 2.05) is 41.3 Å². The molecule has 0 aliphatic carbocycles. The molecular formula is C17H19N3O2. The van der Waals surface area contributed by atoms with Crippen LogP contribution in [0.2, 0.25) is 0 Å². The number of hydrogen-bond donors (Lipinski definition) is 1. The summed E-state index contributed by atoms with van der Waals surface area (Å²) >= 11 is 0. The highest BCUT2D eigenvalue weighted by molar-refractivity contribution is 5.73. The fourth-order valence-electron chi connectivity index (χ4n) is 3.09. The number of carboxylic acid groups (broad SMARTS) is 1. The van der Waals surface area contributed by atoms with E-state index < -0.39 is 12.0 Å². The summed E-state index contributed by atoms with van der Waals surface area (Å²) in [6.45, 7) is 0.745. The molecule has 0 spiro atoms. The van der Waals surface area contributed by atoms with E-state index in [-0.39, 0.29) is 6.04 Å². The smallest absolute Gasteiger partial charge is 0.320 e. The van der Waals surface area contributed by atoms with E-state index >= 15 is 0 Å². The highest BCUT2D eigenvalue weighted by atomic mass is 16.4. The molecule has 1 fully saturated rings. The first-order chi connectivity index (χ1) is 10.8. The average Bonchev–Trinajstić information content (AvgIpc) is 2.57. The van der Waals surface area contributed by atoms with Gasteiger partial charge in [0.2, 0.25) is 0 Å². The molecule has 1 aliphatic heterocycles. The van der Waals surface area contributed by atoms with Gasteiger partial charge in [-0.05, 0) is 37.1 Å². The van der Waals surface area contributed by atoms with Crippen LogP contribution in [-0.2, 0) is 4.79 Å². The third kappa shape index (κ3) is 2.99. The van der Waals surface area contributed by atoms with Crippen molar-refractivity contribution < 1.29 is 9.90 Å². The second-order valence-corrected chi connectivity index (χ2v) is 5.50. The van der Waals surface area contributed by atoms with Gasteiger partial charge in [-0.2, -0.15) is 0 Å². The molecule has 1 N–H and O–H groups in total. The number of aliphatic carboxylic acids is 1. The van der Waals surface area contributed by atoms with Crippen molar-refractivity contribution in [3.63, 3.8) is 0 Å². The molecule has 1 atom stereocenters. The van der Waals surface area contributed by atoms with Crippen LogP contribution >= 0.6 is 0 Å². The molecule has 1 aliphatic rings. The van der Waals surface area contributed by atoms with Gasteiger partial charge >= 0.3 is 5.97 Å². The summed E-state index contributed by atoms with van der Waals surface area (Å²) in [6, 6.07) is 10.8. The van der Waals surface area contributed by atoms with Crippen LogP contribution in [0.3, 0.4) is 0 Å². The van der Waals surface area contributed by atoms with Crippen molar-refractivity contribution in [2.45, 2.75) is 31.3 Å². The van der Waals surface area contributed by atoms with E-state index in [2.05, 4.69) is 9.97 Å². The van der Waals surface area contributed by atoms with E-state index in [1.165, 1.54) is 0 Å². The SMILES string of the molecule is O=C(O)C1CCCCN1C(c1ccccn1)c1ccccn1. The number of hydrogen-bond acceptors (Lipinski definition) is 4. The highest BCUT2D eigenvalue weighted by Gasteiger charge is 2.36. The Balaban J connectivity index is 2.03. The number of likely N-dealkylation sites (tertiary alicyclic amines) is 1. The van der Waals surface area contributed by atoms with E-state index in [1.54, 1.807) is 12.4 Å². The van der Waals surface area contributed by atoms with Crippen LogP contribution in [0.5, 0.6) is 0 Å². The normalized spacial score (nSPS) is 19.2. The summed E-state index contributed by atoms with van der Waals surface area (Å²) < 4.78 is 0. The summed E-state index contributed by atoms with van der Waals surface area (Å²) in [7, 11) is 0. The lowest BCUT2D eigenvalue weighted by Crippen LogP contribution is -2.47. The third-order valence-electron chi connectivity index (χ3n) is 4.10. The Kier molecular flexibility index (Phi) is 4.44. The van der Waals surface area contributed by atoms with Gasteiger partial charge in [-0.15, -0.1) is 0 Å². The number of piperidine rings is 1. The summed E-state index contributed by atoms with van der Waals surface area (Å²) in [5, 5.41) is 9.57. The number of aromatic nitrogens is 2. The zero-order valence-corrected chi connectivity index (χ0v) is 12.3. The highest BCUT2D eigenvalue weighted by Crippen LogP contribution is 2.32. The summed E-state index contributed by atoms with van der Waals surface area (Å²) in [6.07, 6.45) is 6.10. The Morgan fingerprint density at radius 3 is 2.23 bits per heavy atom. The number of pyridine rings is 2. The molecule has 1 unspecified atom stereocenters. The molecule has 0 amide bonds. The quantitative estimate of drug-likeness (QED) is 0.939. The van der Waals surface area contributed by atoms with Crippen molar-refractivity contribution in [1.82, 2.24) is 14.9 Å². The zero-order chi connectivity index (χ0) is 15.4. The maximum Gasteiger partial charge on any atom is 0.320 e. The van der Waals surface area contributed by atoms with Crippen molar-refractivity contribution in [3.8, 4) is 0 Å². The number of rotatable bonds is 4. The third-order valence-corrected chi connectivity index (χ3v) is 4.10. The first kappa shape index (κ1) is 14.7. The van der Waals surface area contributed by atoms with Crippen LogP contribution in [0.4, 0.5) is 0 Å². The molecule has 0 aromatic carbocycles. The van der Waals surface area contributed by atoms with Gasteiger partial charge in [-0.25, -0.2) is 0 Å². The largest absolute Gasteiger partial charge is 0.480 e. The molecular weight excluding hydrogens is 278 g/mol. The Labute approximate surface area is 129 Å². The number of nitrogens with zero attached hydrogens (tertiary/aromatic N) is 3. The standard InChI is InChI=1S/C17H19N3O2/c21-17(22)15-9-3-6-12-20(15)16(13-7-1-4-10-18-13)14-8-2-5-11-19-14/h1-2,4-5,7-8,10-11,15-16H,3,6,9,12H2,(H,21,22). The van der Waals surface area contributed by atoms with Crippen LogP contribution in [0.15, 0.2) is 48.8 Å². The molecule has 5 heteroatoms. The average molecular weight is 297 g/mol. The lowest BCUT2D eigenvalue weighted by atomic mass is 9.96. The molecule has 3 heterocycles. The molecule has 114 valence electrons. The Morgan fingerprint density at radius 1 is 1.09 bits per heavy atom. The molecule has 3 rings (SSSR count). The topological polar surface area (TPSA) is 66.3 Å². The fourth-order valence-corrected chi connectivity index (χ4v) is 3.09. The summed E-state index contributed by atoms with van der Waals surface area (Å²) in [5.74, 6) is -0.767. The maximum absolute atomic E-state index is 11.6. The minimum atomic E-state index is -0.767. The predicted molar refractivity (Wildman–Crippen MR) is 82.3 cm³/mol. The first-order valence-corrected chi connectivity index (χ1v) is 7.58. The molecule has 0 bridgehead atoms. The van der Waals surface area contributed by atoms with Crippen molar-refractivity contribution in [2.75, 3.05) is 6.54 Å². The van der Waals surface area contributed by atoms with Gasteiger partial charge < -0.3 is 5.11 Å². The second-order valence-electron chi connectivity index (χ2n) is 5.50. The van der Waals surface area contributed by atoms with Crippen LogP contribution in [0.1, 0.15) is 36.7 Å².